The predicted octanol–water partition coefficient (Wildman–Crippen LogP) is 1.85. The van der Waals surface area contributed by atoms with E-state index in [4.69, 9.17) is 0 Å². The van der Waals surface area contributed by atoms with Crippen LogP contribution in [0.4, 0.5) is 4.39 Å². The first kappa shape index (κ1) is 17.9. The summed E-state index contributed by atoms with van der Waals surface area (Å²) in [4.78, 5) is 24.5. The van der Waals surface area contributed by atoms with Gasteiger partial charge >= 0.3 is 0 Å². The van der Waals surface area contributed by atoms with Crippen molar-refractivity contribution in [2.75, 3.05) is 0 Å². The zero-order chi connectivity index (χ0) is 18.0. The van der Waals surface area contributed by atoms with E-state index in [0.717, 1.165) is 37.7 Å². The van der Waals surface area contributed by atoms with Gasteiger partial charge in [-0.2, -0.15) is 0 Å². The van der Waals surface area contributed by atoms with Gasteiger partial charge in [-0.15, -0.1) is 0 Å². The molecule has 0 radical (unpaired) electrons. The van der Waals surface area contributed by atoms with Crippen molar-refractivity contribution in [3.63, 3.8) is 0 Å². The van der Waals surface area contributed by atoms with Gasteiger partial charge in [0.1, 0.15) is 11.9 Å². The average molecular weight is 348 g/mol. The number of nitrogens with one attached hydrogen (secondary N) is 2. The van der Waals surface area contributed by atoms with Crippen LogP contribution in [-0.2, 0) is 9.59 Å². The van der Waals surface area contributed by atoms with Gasteiger partial charge in [-0.25, -0.2) is 4.39 Å². The summed E-state index contributed by atoms with van der Waals surface area (Å²) in [5.74, 6) is -0.698. The first-order chi connectivity index (χ1) is 12.0. The van der Waals surface area contributed by atoms with Gasteiger partial charge < -0.3 is 15.7 Å². The van der Waals surface area contributed by atoms with Crippen molar-refractivity contribution in [1.82, 2.24) is 10.6 Å². The first-order valence-electron chi connectivity index (χ1n) is 9.00. The Morgan fingerprint density at radius 3 is 2.44 bits per heavy atom. The summed E-state index contributed by atoms with van der Waals surface area (Å²) in [5.41, 5.74) is 1.000. The van der Waals surface area contributed by atoms with Crippen LogP contribution in [-0.4, -0.2) is 35.1 Å². The van der Waals surface area contributed by atoms with Crippen molar-refractivity contribution in [2.24, 2.45) is 5.92 Å². The number of halogens is 1. The number of hydrogen-bond acceptors (Lipinski definition) is 3. The lowest BCUT2D eigenvalue weighted by Gasteiger charge is -2.26. The molecule has 0 saturated heterocycles. The van der Waals surface area contributed by atoms with E-state index in [1.54, 1.807) is 12.1 Å². The van der Waals surface area contributed by atoms with Crippen molar-refractivity contribution in [2.45, 2.75) is 63.1 Å². The molecule has 0 aromatic heterocycles. The summed E-state index contributed by atoms with van der Waals surface area (Å²) in [5, 5.41) is 15.5. The highest BCUT2D eigenvalue weighted by atomic mass is 19.1. The Kier molecular flexibility index (Phi) is 5.37. The molecule has 2 aliphatic rings. The van der Waals surface area contributed by atoms with E-state index < -0.39 is 12.1 Å². The molecule has 25 heavy (non-hydrogen) atoms. The number of amides is 2. The Morgan fingerprint density at radius 2 is 1.84 bits per heavy atom. The highest BCUT2D eigenvalue weighted by Gasteiger charge is 2.36. The van der Waals surface area contributed by atoms with Gasteiger partial charge in [0, 0.05) is 17.9 Å². The van der Waals surface area contributed by atoms with Crippen molar-refractivity contribution >= 4 is 11.8 Å². The van der Waals surface area contributed by atoms with Gasteiger partial charge in [0.15, 0.2) is 0 Å². The Morgan fingerprint density at radius 1 is 1.16 bits per heavy atom. The fourth-order valence-corrected chi connectivity index (χ4v) is 3.54. The fraction of sp³-hybridized carbons (Fsp3) is 0.579. The summed E-state index contributed by atoms with van der Waals surface area (Å²) in [7, 11) is 0. The minimum atomic E-state index is -0.964. The highest BCUT2D eigenvalue weighted by molar-refractivity contribution is 5.90. The van der Waals surface area contributed by atoms with E-state index >= 15 is 0 Å². The van der Waals surface area contributed by atoms with E-state index in [0.29, 0.717) is 0 Å². The summed E-state index contributed by atoms with van der Waals surface area (Å²) in [6, 6.07) is 5.36. The molecule has 1 aromatic carbocycles. The van der Waals surface area contributed by atoms with E-state index in [2.05, 4.69) is 10.6 Å². The lowest BCUT2D eigenvalue weighted by atomic mass is 9.93. The first-order valence-corrected chi connectivity index (χ1v) is 9.00. The maximum Gasteiger partial charge on any atom is 0.245 e. The largest absolute Gasteiger partial charge is 0.391 e. The molecule has 0 heterocycles. The zero-order valence-corrected chi connectivity index (χ0v) is 14.4. The number of carbonyl (C=O) groups is 2. The van der Waals surface area contributed by atoms with Crippen molar-refractivity contribution in [3.05, 3.63) is 35.6 Å². The normalized spacial score (nSPS) is 25.2. The van der Waals surface area contributed by atoms with Gasteiger partial charge in [-0.3, -0.25) is 9.59 Å². The molecular formula is C19H25FN2O3. The Labute approximate surface area is 147 Å². The van der Waals surface area contributed by atoms with Crippen molar-refractivity contribution in [3.8, 4) is 0 Å². The zero-order valence-electron chi connectivity index (χ0n) is 14.4. The molecule has 136 valence electrons. The number of aliphatic hydroxyl groups is 1. The smallest absolute Gasteiger partial charge is 0.245 e. The molecule has 5 nitrogen and oxygen atoms in total. The van der Waals surface area contributed by atoms with Crippen LogP contribution in [0.25, 0.3) is 0 Å². The molecule has 2 aliphatic carbocycles. The fourth-order valence-electron chi connectivity index (χ4n) is 3.54. The summed E-state index contributed by atoms with van der Waals surface area (Å²) >= 11 is 0. The standard InChI is InChI=1S/C19H25FN2O3/c1-11(23)17(22-18(24)13-5-6-13)19(25)21-16-4-2-3-15(16)12-7-9-14(20)10-8-12/h7-11,13,15-17,23H,2-6H2,1H3,(H,21,25)(H,22,24)/t11-,15+,16+,17-/m0/s1. The molecule has 6 heteroatoms. The average Bonchev–Trinajstić information content (AvgIpc) is 3.33. The summed E-state index contributed by atoms with van der Waals surface area (Å²) in [6.45, 7) is 1.50. The third-order valence-electron chi connectivity index (χ3n) is 5.15. The van der Waals surface area contributed by atoms with Gasteiger partial charge in [0.25, 0.3) is 0 Å². The number of benzene rings is 1. The minimum absolute atomic E-state index is 0.0208. The van der Waals surface area contributed by atoms with Crippen molar-refractivity contribution < 1.29 is 19.1 Å². The van der Waals surface area contributed by atoms with E-state index in [1.807, 2.05) is 0 Å². The van der Waals surface area contributed by atoms with Crippen LogP contribution >= 0.6 is 0 Å². The Bertz CT molecular complexity index is 628. The van der Waals surface area contributed by atoms with Gasteiger partial charge in [0.05, 0.1) is 6.10 Å². The Balaban J connectivity index is 1.64. The number of aliphatic hydroxyl groups excluding tert-OH is 1. The third-order valence-corrected chi connectivity index (χ3v) is 5.15. The molecule has 3 rings (SSSR count). The Hall–Kier alpha value is -1.95. The van der Waals surface area contributed by atoms with E-state index in [9.17, 15) is 19.1 Å². The van der Waals surface area contributed by atoms with Crippen LogP contribution in [0.2, 0.25) is 0 Å². The second kappa shape index (κ2) is 7.52. The molecule has 1 aromatic rings. The predicted molar refractivity (Wildman–Crippen MR) is 91.3 cm³/mol. The van der Waals surface area contributed by atoms with Crippen LogP contribution in [0.5, 0.6) is 0 Å². The quantitative estimate of drug-likeness (QED) is 0.734. The van der Waals surface area contributed by atoms with Gasteiger partial charge in [-0.1, -0.05) is 18.6 Å². The van der Waals surface area contributed by atoms with Crippen LogP contribution in [0.15, 0.2) is 24.3 Å². The third kappa shape index (κ3) is 4.37. The molecular weight excluding hydrogens is 323 g/mol. The second-order valence-electron chi connectivity index (χ2n) is 7.21. The molecule has 0 spiro atoms. The molecule has 2 saturated carbocycles. The van der Waals surface area contributed by atoms with Gasteiger partial charge in [0.2, 0.25) is 11.8 Å². The van der Waals surface area contributed by atoms with Crippen LogP contribution in [0.3, 0.4) is 0 Å². The van der Waals surface area contributed by atoms with Crippen molar-refractivity contribution in [1.29, 1.82) is 0 Å². The lowest BCUT2D eigenvalue weighted by molar-refractivity contribution is -0.132. The monoisotopic (exact) mass is 348 g/mol. The number of hydrogen-bond donors (Lipinski definition) is 3. The lowest BCUT2D eigenvalue weighted by Crippen LogP contribution is -2.55. The summed E-state index contributed by atoms with van der Waals surface area (Å²) < 4.78 is 13.1. The molecule has 0 bridgehead atoms. The molecule has 0 aliphatic heterocycles. The molecule has 2 amide bonds. The van der Waals surface area contributed by atoms with E-state index in [-0.39, 0.29) is 35.5 Å². The second-order valence-corrected chi connectivity index (χ2v) is 7.21. The topological polar surface area (TPSA) is 78.4 Å². The van der Waals surface area contributed by atoms with Crippen LogP contribution in [0, 0.1) is 11.7 Å². The van der Waals surface area contributed by atoms with Gasteiger partial charge in [-0.05, 0) is 50.3 Å². The molecule has 0 unspecified atom stereocenters. The highest BCUT2D eigenvalue weighted by Crippen LogP contribution is 2.35. The molecule has 3 N–H and O–H groups in total. The molecule has 4 atom stereocenters. The minimum Gasteiger partial charge on any atom is -0.391 e. The maximum absolute atomic E-state index is 13.1. The number of rotatable bonds is 6. The van der Waals surface area contributed by atoms with Crippen LogP contribution < -0.4 is 10.6 Å². The van der Waals surface area contributed by atoms with Crippen LogP contribution in [0.1, 0.15) is 50.5 Å². The van der Waals surface area contributed by atoms with E-state index in [1.165, 1.54) is 19.1 Å². The molecule has 2 fully saturated rings. The maximum atomic E-state index is 13.1. The SMILES string of the molecule is C[C@H](O)[C@H](NC(=O)C1CC1)C(=O)N[C@@H]1CCC[C@@H]1c1ccc(F)cc1. The summed E-state index contributed by atoms with van der Waals surface area (Å²) in [6.07, 6.45) is 3.44. The number of carbonyl (C=O) groups excluding carboxylic acids is 2.